The molecule has 168 valence electrons. The predicted octanol–water partition coefficient (Wildman–Crippen LogP) is 2.81. The van der Waals surface area contributed by atoms with Crippen LogP contribution in [0.3, 0.4) is 0 Å². The fourth-order valence-electron chi connectivity index (χ4n) is 6.08. The minimum atomic E-state index is -0.833. The highest BCUT2D eigenvalue weighted by Gasteiger charge is 2.58. The summed E-state index contributed by atoms with van der Waals surface area (Å²) in [5.74, 6) is -0.0992. The summed E-state index contributed by atoms with van der Waals surface area (Å²) >= 11 is 0. The number of allylic oxidation sites excluding steroid dienone is 3. The molecule has 4 aliphatic rings. The molecule has 4 N–H and O–H groups in total. The Labute approximate surface area is 177 Å². The van der Waals surface area contributed by atoms with Gasteiger partial charge in [0.05, 0.1) is 12.7 Å². The number of carboxylic acids is 2. The van der Waals surface area contributed by atoms with Gasteiger partial charge in [-0.1, -0.05) is 19.1 Å². The number of hydrogen-bond donors (Lipinski definition) is 4. The number of aliphatic hydroxyl groups is 2. The van der Waals surface area contributed by atoms with E-state index >= 15 is 0 Å². The van der Waals surface area contributed by atoms with E-state index in [2.05, 4.69) is 19.1 Å². The highest BCUT2D eigenvalue weighted by molar-refractivity contribution is 5.92. The molecule has 0 aromatic rings. The highest BCUT2D eigenvalue weighted by atomic mass is 16.4. The number of carboxylic acid groups (broad SMARTS) is 2. The molecule has 0 bridgehead atoms. The topological polar surface area (TPSA) is 132 Å². The largest absolute Gasteiger partial charge is 0.481 e. The van der Waals surface area contributed by atoms with Crippen LogP contribution in [0.15, 0.2) is 23.8 Å². The molecule has 0 aliphatic heterocycles. The van der Waals surface area contributed by atoms with E-state index in [0.29, 0.717) is 24.2 Å². The molecular weight excluding hydrogens is 388 g/mol. The lowest BCUT2D eigenvalue weighted by Crippen LogP contribution is -2.52. The second-order valence-electron chi connectivity index (χ2n) is 9.21. The quantitative estimate of drug-likeness (QED) is 0.511. The van der Waals surface area contributed by atoms with Crippen LogP contribution in [0.25, 0.3) is 0 Å². The van der Waals surface area contributed by atoms with Crippen LogP contribution in [0.5, 0.6) is 0 Å². The molecule has 0 unspecified atom stereocenters. The molecule has 30 heavy (non-hydrogen) atoms. The van der Waals surface area contributed by atoms with Crippen LogP contribution in [0.4, 0.5) is 0 Å². The van der Waals surface area contributed by atoms with E-state index in [4.69, 9.17) is 19.8 Å². The zero-order valence-corrected chi connectivity index (χ0v) is 18.0. The zero-order valence-electron chi connectivity index (χ0n) is 18.0. The molecule has 0 saturated heterocycles. The molecular formula is C23H34O7. The number of fused-ring (bicyclic) bond motifs is 5. The Balaban J connectivity index is 0.000000347. The van der Waals surface area contributed by atoms with Crippen molar-refractivity contribution in [1.82, 2.24) is 0 Å². The molecule has 2 fully saturated rings. The number of rotatable bonds is 1. The van der Waals surface area contributed by atoms with Gasteiger partial charge in [-0.05, 0) is 66.9 Å². The summed E-state index contributed by atoms with van der Waals surface area (Å²) in [4.78, 5) is 29.8. The standard InChI is InChI=1S/C19H26O3.2C2H4O2/c1-18-8-7-16-14(15(18)4-5-17(18)22)3-2-12-10-13(21)6-9-19(12,16)11-20;2*1-2(3)4/h2-3,10,14-17,20,22H,4-9,11H2,1H3;2*1H3,(H,3,4)/t14-,15-,16-,17-,18-,19+;;/m0../s1. The van der Waals surface area contributed by atoms with Crippen molar-refractivity contribution in [3.63, 3.8) is 0 Å². The second-order valence-corrected chi connectivity index (χ2v) is 9.21. The summed E-state index contributed by atoms with van der Waals surface area (Å²) < 4.78 is 0. The molecule has 0 aromatic carbocycles. The van der Waals surface area contributed by atoms with E-state index < -0.39 is 11.9 Å². The Morgan fingerprint density at radius 1 is 1.07 bits per heavy atom. The van der Waals surface area contributed by atoms with E-state index in [0.717, 1.165) is 51.5 Å². The van der Waals surface area contributed by atoms with E-state index in [1.807, 2.05) is 0 Å². The molecule has 6 atom stereocenters. The Kier molecular flexibility index (Phi) is 7.64. The Bertz CT molecular complexity index is 720. The first-order valence-corrected chi connectivity index (χ1v) is 10.6. The van der Waals surface area contributed by atoms with Gasteiger partial charge in [-0.3, -0.25) is 14.4 Å². The van der Waals surface area contributed by atoms with Crippen molar-refractivity contribution in [2.24, 2.45) is 28.6 Å². The number of ketones is 1. The van der Waals surface area contributed by atoms with E-state index in [-0.39, 0.29) is 29.3 Å². The molecule has 0 radical (unpaired) electrons. The average molecular weight is 423 g/mol. The first-order chi connectivity index (χ1) is 14.0. The third-order valence-electron chi connectivity index (χ3n) is 7.48. The van der Waals surface area contributed by atoms with Crippen molar-refractivity contribution in [2.45, 2.75) is 65.4 Å². The summed E-state index contributed by atoms with van der Waals surface area (Å²) in [7, 11) is 0. The number of aliphatic carboxylic acids is 2. The van der Waals surface area contributed by atoms with Gasteiger partial charge >= 0.3 is 0 Å². The van der Waals surface area contributed by atoms with Gasteiger partial charge < -0.3 is 20.4 Å². The Hall–Kier alpha value is -1.99. The van der Waals surface area contributed by atoms with Gasteiger partial charge in [0.15, 0.2) is 5.78 Å². The van der Waals surface area contributed by atoms with Crippen LogP contribution in [0, 0.1) is 28.6 Å². The van der Waals surface area contributed by atoms with Crippen molar-refractivity contribution < 1.29 is 34.8 Å². The SMILES string of the molecule is CC(=O)O.CC(=O)O.C[C@]12CC[C@H]3[C@@H](C=CC4=CC(=O)CC[C@@]43CO)[C@@H]1CC[C@@H]2O. The second kappa shape index (κ2) is 9.43. The third kappa shape index (κ3) is 4.67. The lowest BCUT2D eigenvalue weighted by atomic mass is 9.49. The van der Waals surface area contributed by atoms with Crippen molar-refractivity contribution in [1.29, 1.82) is 0 Å². The van der Waals surface area contributed by atoms with Crippen molar-refractivity contribution in [2.75, 3.05) is 6.61 Å². The Morgan fingerprint density at radius 3 is 2.23 bits per heavy atom. The minimum absolute atomic E-state index is 0.0356. The number of carbonyl (C=O) groups excluding carboxylic acids is 1. The van der Waals surface area contributed by atoms with Crippen LogP contribution in [-0.4, -0.2) is 50.9 Å². The van der Waals surface area contributed by atoms with Gasteiger partial charge in [0.2, 0.25) is 0 Å². The summed E-state index contributed by atoms with van der Waals surface area (Å²) in [5.41, 5.74) is 0.866. The van der Waals surface area contributed by atoms with Gasteiger partial charge in [-0.25, -0.2) is 0 Å². The first-order valence-electron chi connectivity index (χ1n) is 10.6. The first kappa shape index (κ1) is 24.3. The molecule has 7 nitrogen and oxygen atoms in total. The maximum atomic E-state index is 11.8. The lowest BCUT2D eigenvalue weighted by molar-refractivity contribution is -0.135. The molecule has 0 heterocycles. The molecule has 7 heteroatoms. The smallest absolute Gasteiger partial charge is 0.300 e. The highest BCUT2D eigenvalue weighted by Crippen LogP contribution is 2.63. The van der Waals surface area contributed by atoms with Crippen LogP contribution in [0.2, 0.25) is 0 Å². The molecule has 4 rings (SSSR count). The summed E-state index contributed by atoms with van der Waals surface area (Å²) in [6.45, 7) is 4.56. The van der Waals surface area contributed by atoms with E-state index in [9.17, 15) is 15.0 Å². The Morgan fingerprint density at radius 2 is 1.67 bits per heavy atom. The van der Waals surface area contributed by atoms with Crippen LogP contribution in [0.1, 0.15) is 59.3 Å². The summed E-state index contributed by atoms with van der Waals surface area (Å²) in [6.07, 6.45) is 11.4. The molecule has 0 spiro atoms. The van der Waals surface area contributed by atoms with Crippen molar-refractivity contribution >= 4 is 17.7 Å². The van der Waals surface area contributed by atoms with Gasteiger partial charge in [0, 0.05) is 25.7 Å². The predicted molar refractivity (Wildman–Crippen MR) is 111 cm³/mol. The maximum Gasteiger partial charge on any atom is 0.300 e. The minimum Gasteiger partial charge on any atom is -0.481 e. The number of hydrogen-bond acceptors (Lipinski definition) is 5. The number of carbonyl (C=O) groups is 3. The molecule has 0 aromatic heterocycles. The average Bonchev–Trinajstić information content (AvgIpc) is 2.95. The van der Waals surface area contributed by atoms with Crippen LogP contribution < -0.4 is 0 Å². The molecule has 2 saturated carbocycles. The summed E-state index contributed by atoms with van der Waals surface area (Å²) in [6, 6.07) is 0. The van der Waals surface area contributed by atoms with Gasteiger partial charge in [-0.2, -0.15) is 0 Å². The van der Waals surface area contributed by atoms with Crippen LogP contribution >= 0.6 is 0 Å². The zero-order chi connectivity index (χ0) is 22.7. The third-order valence-corrected chi connectivity index (χ3v) is 7.48. The maximum absolute atomic E-state index is 11.8. The lowest BCUT2D eigenvalue weighted by Gasteiger charge is -2.56. The van der Waals surface area contributed by atoms with E-state index in [1.54, 1.807) is 6.08 Å². The van der Waals surface area contributed by atoms with Crippen LogP contribution in [-0.2, 0) is 14.4 Å². The normalized spacial score (nSPS) is 38.4. The van der Waals surface area contributed by atoms with Gasteiger partial charge in [0.1, 0.15) is 0 Å². The van der Waals surface area contributed by atoms with Crippen molar-refractivity contribution in [3.8, 4) is 0 Å². The fourth-order valence-corrected chi connectivity index (χ4v) is 6.08. The summed E-state index contributed by atoms with van der Waals surface area (Å²) in [5, 5.41) is 35.5. The number of aliphatic hydroxyl groups excluding tert-OH is 2. The molecule has 0 amide bonds. The van der Waals surface area contributed by atoms with Gasteiger partial charge in [0.25, 0.3) is 11.9 Å². The van der Waals surface area contributed by atoms with Gasteiger partial charge in [-0.15, -0.1) is 0 Å². The van der Waals surface area contributed by atoms with E-state index in [1.165, 1.54) is 0 Å². The van der Waals surface area contributed by atoms with Crippen molar-refractivity contribution in [3.05, 3.63) is 23.8 Å². The fraction of sp³-hybridized carbons (Fsp3) is 0.696. The monoisotopic (exact) mass is 422 g/mol. The molecule has 4 aliphatic carbocycles.